The predicted molar refractivity (Wildman–Crippen MR) is 89.0 cm³/mol. The van der Waals surface area contributed by atoms with Crippen LogP contribution in [0.4, 0.5) is 5.69 Å². The molecule has 1 aliphatic heterocycles. The Kier molecular flexibility index (Phi) is 4.37. The van der Waals surface area contributed by atoms with Gasteiger partial charge in [-0.1, -0.05) is 24.3 Å². The maximum atomic E-state index is 12.3. The molecule has 0 fully saturated rings. The molecule has 3 rings (SSSR count). The lowest BCUT2D eigenvalue weighted by atomic mass is 10.2. The molecule has 1 N–H and O–H groups in total. The topological polar surface area (TPSA) is 50.8 Å². The summed E-state index contributed by atoms with van der Waals surface area (Å²) < 4.78 is 11.3. The normalized spacial score (nSPS) is 15.8. The molecule has 0 unspecified atom stereocenters. The number of carbonyl (C=O) groups excluding carboxylic acids is 1. The van der Waals surface area contributed by atoms with E-state index in [9.17, 15) is 4.79 Å². The summed E-state index contributed by atoms with van der Waals surface area (Å²) in [6, 6.07) is 15.4. The molecule has 0 saturated heterocycles. The first-order valence-electron chi connectivity index (χ1n) is 7.56. The van der Waals surface area contributed by atoms with E-state index in [1.54, 1.807) is 6.07 Å². The van der Waals surface area contributed by atoms with Gasteiger partial charge >= 0.3 is 0 Å². The molecule has 5 heteroatoms. The predicted octanol–water partition coefficient (Wildman–Crippen LogP) is 2.21. The Morgan fingerprint density at radius 2 is 1.96 bits per heavy atom. The lowest BCUT2D eigenvalue weighted by molar-refractivity contribution is -0.130. The summed E-state index contributed by atoms with van der Waals surface area (Å²) in [4.78, 5) is 14.3. The lowest BCUT2D eigenvalue weighted by Crippen LogP contribution is -2.43. The Balaban J connectivity index is 1.59. The van der Waals surface area contributed by atoms with Crippen LogP contribution in [-0.2, 0) is 11.3 Å². The molecule has 1 aliphatic rings. The second kappa shape index (κ2) is 6.60. The fourth-order valence-corrected chi connectivity index (χ4v) is 2.40. The van der Waals surface area contributed by atoms with Crippen LogP contribution in [0.15, 0.2) is 48.5 Å². The van der Waals surface area contributed by atoms with Gasteiger partial charge in [-0.15, -0.1) is 0 Å². The van der Waals surface area contributed by atoms with E-state index in [2.05, 4.69) is 5.32 Å². The second-order valence-electron chi connectivity index (χ2n) is 5.65. The monoisotopic (exact) mass is 312 g/mol. The molecule has 2 aromatic carbocycles. The molecule has 0 spiro atoms. The first-order chi connectivity index (χ1) is 11.1. The molecule has 2 aromatic rings. The van der Waals surface area contributed by atoms with Gasteiger partial charge in [0.15, 0.2) is 11.5 Å². The van der Waals surface area contributed by atoms with Gasteiger partial charge in [-0.2, -0.15) is 0 Å². The van der Waals surface area contributed by atoms with Crippen LogP contribution in [0.3, 0.4) is 0 Å². The van der Waals surface area contributed by atoms with Gasteiger partial charge in [0.25, 0.3) is 5.91 Å². The van der Waals surface area contributed by atoms with Crippen molar-refractivity contribution >= 4 is 11.6 Å². The Morgan fingerprint density at radius 1 is 1.17 bits per heavy atom. The van der Waals surface area contributed by atoms with Crippen LogP contribution in [0, 0.1) is 0 Å². The molecule has 120 valence electrons. The number of anilines is 1. The maximum Gasteiger partial charge on any atom is 0.264 e. The van der Waals surface area contributed by atoms with Gasteiger partial charge in [0.1, 0.15) is 6.61 Å². The number of rotatable bonds is 4. The van der Waals surface area contributed by atoms with E-state index in [1.165, 1.54) is 0 Å². The fourth-order valence-electron chi connectivity index (χ4n) is 2.40. The number of para-hydroxylation sites is 2. The van der Waals surface area contributed by atoms with Crippen molar-refractivity contribution in [3.8, 4) is 11.5 Å². The minimum absolute atomic E-state index is 0.172. The van der Waals surface area contributed by atoms with Gasteiger partial charge in [-0.05, 0) is 29.8 Å². The molecule has 0 saturated carbocycles. The van der Waals surface area contributed by atoms with E-state index in [0.29, 0.717) is 18.0 Å². The third-order valence-electron chi connectivity index (χ3n) is 3.69. The van der Waals surface area contributed by atoms with Crippen molar-refractivity contribution in [2.24, 2.45) is 0 Å². The molecule has 0 bridgehead atoms. The highest BCUT2D eigenvalue weighted by atomic mass is 16.6. The summed E-state index contributed by atoms with van der Waals surface area (Å²) in [6.45, 7) is 0.683. The van der Waals surface area contributed by atoms with E-state index in [0.717, 1.165) is 11.3 Å². The lowest BCUT2D eigenvalue weighted by Gasteiger charge is -2.25. The number of carbonyl (C=O) groups is 1. The van der Waals surface area contributed by atoms with Crippen molar-refractivity contribution in [3.05, 3.63) is 54.1 Å². The van der Waals surface area contributed by atoms with Crippen LogP contribution in [0.5, 0.6) is 11.5 Å². The molecule has 0 aliphatic carbocycles. The zero-order chi connectivity index (χ0) is 16.2. The van der Waals surface area contributed by atoms with Crippen molar-refractivity contribution in [2.75, 3.05) is 25.6 Å². The molecule has 0 aromatic heterocycles. The van der Waals surface area contributed by atoms with Crippen molar-refractivity contribution in [1.82, 2.24) is 5.32 Å². The Bertz CT molecular complexity index is 700. The van der Waals surface area contributed by atoms with Crippen LogP contribution < -0.4 is 19.7 Å². The molecule has 5 nitrogen and oxygen atoms in total. The summed E-state index contributed by atoms with van der Waals surface area (Å²) in [6.07, 6.45) is -0.623. The summed E-state index contributed by atoms with van der Waals surface area (Å²) in [5.41, 5.74) is 2.14. The van der Waals surface area contributed by atoms with Crippen LogP contribution in [0.2, 0.25) is 0 Å². The van der Waals surface area contributed by atoms with Gasteiger partial charge in [0.05, 0.1) is 0 Å². The first kappa shape index (κ1) is 15.2. The van der Waals surface area contributed by atoms with E-state index >= 15 is 0 Å². The number of hydrogen-bond donors (Lipinski definition) is 1. The Labute approximate surface area is 135 Å². The molecular weight excluding hydrogens is 292 g/mol. The van der Waals surface area contributed by atoms with Crippen molar-refractivity contribution in [3.63, 3.8) is 0 Å². The molecule has 1 atom stereocenters. The minimum atomic E-state index is -0.623. The third-order valence-corrected chi connectivity index (χ3v) is 3.69. The number of amides is 1. The minimum Gasteiger partial charge on any atom is -0.485 e. The molecule has 1 amide bonds. The van der Waals surface area contributed by atoms with Crippen LogP contribution >= 0.6 is 0 Å². The molecular formula is C18H20N2O3. The molecule has 23 heavy (non-hydrogen) atoms. The fraction of sp³-hybridized carbons (Fsp3) is 0.278. The number of nitrogens with one attached hydrogen (secondary N) is 1. The highest BCUT2D eigenvalue weighted by molar-refractivity contribution is 5.81. The summed E-state index contributed by atoms with van der Waals surface area (Å²) in [5, 5.41) is 2.90. The van der Waals surface area contributed by atoms with Gasteiger partial charge in [-0.3, -0.25) is 4.79 Å². The van der Waals surface area contributed by atoms with Crippen LogP contribution in [-0.4, -0.2) is 32.7 Å². The quantitative estimate of drug-likeness (QED) is 0.940. The van der Waals surface area contributed by atoms with E-state index < -0.39 is 6.10 Å². The van der Waals surface area contributed by atoms with E-state index in [1.807, 2.05) is 61.5 Å². The van der Waals surface area contributed by atoms with Gasteiger partial charge < -0.3 is 19.7 Å². The second-order valence-corrected chi connectivity index (χ2v) is 5.65. The number of fused-ring (bicyclic) bond motifs is 1. The van der Waals surface area contributed by atoms with Crippen LogP contribution in [0.1, 0.15) is 5.56 Å². The SMILES string of the molecule is CN(C)c1cccc(CNC(=O)[C@H]2COc3ccccc3O2)c1. The highest BCUT2D eigenvalue weighted by Gasteiger charge is 2.26. The standard InChI is InChI=1S/C18H20N2O3/c1-20(2)14-7-5-6-13(10-14)11-19-18(21)17-12-22-15-8-3-4-9-16(15)23-17/h3-10,17H,11-12H2,1-2H3,(H,19,21)/t17-/m1/s1. The first-order valence-corrected chi connectivity index (χ1v) is 7.56. The summed E-state index contributed by atoms with van der Waals surface area (Å²) >= 11 is 0. The van der Waals surface area contributed by atoms with Gasteiger partial charge in [-0.25, -0.2) is 0 Å². The van der Waals surface area contributed by atoms with E-state index in [4.69, 9.17) is 9.47 Å². The largest absolute Gasteiger partial charge is 0.485 e. The maximum absolute atomic E-state index is 12.3. The summed E-state index contributed by atoms with van der Waals surface area (Å²) in [5.74, 6) is 1.11. The number of ether oxygens (including phenoxy) is 2. The Morgan fingerprint density at radius 3 is 2.74 bits per heavy atom. The average Bonchev–Trinajstić information content (AvgIpc) is 2.59. The summed E-state index contributed by atoms with van der Waals surface area (Å²) in [7, 11) is 3.98. The number of hydrogen-bond acceptors (Lipinski definition) is 4. The van der Waals surface area contributed by atoms with Crippen molar-refractivity contribution in [1.29, 1.82) is 0 Å². The van der Waals surface area contributed by atoms with E-state index in [-0.39, 0.29) is 12.5 Å². The molecule has 0 radical (unpaired) electrons. The highest BCUT2D eigenvalue weighted by Crippen LogP contribution is 2.30. The smallest absolute Gasteiger partial charge is 0.264 e. The molecule has 1 heterocycles. The van der Waals surface area contributed by atoms with Crippen LogP contribution in [0.25, 0.3) is 0 Å². The third kappa shape index (κ3) is 3.56. The van der Waals surface area contributed by atoms with Crippen molar-refractivity contribution < 1.29 is 14.3 Å². The van der Waals surface area contributed by atoms with Crippen molar-refractivity contribution in [2.45, 2.75) is 12.6 Å². The van der Waals surface area contributed by atoms with Gasteiger partial charge in [0, 0.05) is 26.3 Å². The zero-order valence-electron chi connectivity index (χ0n) is 13.3. The Hall–Kier alpha value is -2.69. The van der Waals surface area contributed by atoms with Gasteiger partial charge in [0.2, 0.25) is 6.10 Å². The number of nitrogens with zero attached hydrogens (tertiary/aromatic N) is 1. The average molecular weight is 312 g/mol. The number of benzene rings is 2. The zero-order valence-corrected chi connectivity index (χ0v) is 13.3.